The van der Waals surface area contributed by atoms with Crippen molar-refractivity contribution in [2.75, 3.05) is 0 Å². The number of aromatic nitrogens is 2. The van der Waals surface area contributed by atoms with Gasteiger partial charge in [-0.05, 0) is 24.3 Å². The summed E-state index contributed by atoms with van der Waals surface area (Å²) in [5.74, 6) is 0. The molecule has 0 N–H and O–H groups in total. The summed E-state index contributed by atoms with van der Waals surface area (Å²) in [6, 6.07) is 12.1. The third-order valence-corrected chi connectivity index (χ3v) is 2.35. The van der Waals surface area contributed by atoms with Gasteiger partial charge in [-0.1, -0.05) is 12.1 Å². The quantitative estimate of drug-likeness (QED) is 0.596. The molecule has 3 aromatic rings. The molecule has 0 spiro atoms. The van der Waals surface area contributed by atoms with E-state index in [0.29, 0.717) is 0 Å². The van der Waals surface area contributed by atoms with Crippen molar-refractivity contribution >= 4 is 21.8 Å². The third-order valence-electron chi connectivity index (χ3n) is 2.35. The van der Waals surface area contributed by atoms with E-state index in [1.807, 2.05) is 24.4 Å². The Morgan fingerprint density at radius 3 is 2.53 bits per heavy atom. The minimum Gasteiger partial charge on any atom is -0.256 e. The molecule has 0 bridgehead atoms. The van der Waals surface area contributed by atoms with Gasteiger partial charge in [0.1, 0.15) is 0 Å². The zero-order valence-corrected chi connectivity index (χ0v) is 11.7. The molecule has 0 aliphatic rings. The van der Waals surface area contributed by atoms with Gasteiger partial charge in [-0.25, -0.2) is 0 Å². The molecule has 3 heteroatoms. The number of nitrogens with zero attached hydrogens (tertiary/aromatic N) is 2. The van der Waals surface area contributed by atoms with Crippen LogP contribution in [0.5, 0.6) is 0 Å². The van der Waals surface area contributed by atoms with Crippen LogP contribution in [0.1, 0.15) is 0 Å². The van der Waals surface area contributed by atoms with E-state index >= 15 is 0 Å². The predicted octanol–water partition coefficient (Wildman–Crippen LogP) is 2.78. The van der Waals surface area contributed by atoms with Gasteiger partial charge >= 0.3 is 0 Å². The molecule has 3 rings (SSSR count). The van der Waals surface area contributed by atoms with Gasteiger partial charge in [0.25, 0.3) is 0 Å². The number of fused-ring (bicyclic) bond motifs is 3. The summed E-state index contributed by atoms with van der Waals surface area (Å²) in [6.07, 6.45) is 3.62. The number of hydrogen-bond donors (Lipinski definition) is 0. The summed E-state index contributed by atoms with van der Waals surface area (Å²) >= 11 is 0. The fourth-order valence-electron chi connectivity index (χ4n) is 1.70. The van der Waals surface area contributed by atoms with Crippen LogP contribution in [0.25, 0.3) is 21.8 Å². The normalized spacial score (nSPS) is 10.1. The summed E-state index contributed by atoms with van der Waals surface area (Å²) in [5.41, 5.74) is 2.02. The average Bonchev–Trinajstić information content (AvgIpc) is 2.29. The molecule has 0 unspecified atom stereocenters. The minimum absolute atomic E-state index is 0. The fraction of sp³-hybridized carbons (Fsp3) is 0. The Balaban J connectivity index is 0.000000853. The van der Waals surface area contributed by atoms with Crippen molar-refractivity contribution in [3.8, 4) is 0 Å². The van der Waals surface area contributed by atoms with Crippen LogP contribution in [-0.2, 0) is 0 Å². The van der Waals surface area contributed by atoms with E-state index in [1.165, 1.54) is 0 Å². The van der Waals surface area contributed by atoms with Gasteiger partial charge in [0.05, 0.1) is 11.0 Å². The van der Waals surface area contributed by atoms with Crippen LogP contribution in [0.2, 0.25) is 0 Å². The summed E-state index contributed by atoms with van der Waals surface area (Å²) in [5, 5.41) is 2.28. The first kappa shape index (κ1) is 10.7. The van der Waals surface area contributed by atoms with Crippen molar-refractivity contribution in [3.63, 3.8) is 0 Å². The molecule has 2 aromatic heterocycles. The standard InChI is InChI=1S/C12H8N2.La/c1-3-9-5-6-11-10(4-2-7-13-11)12(9)14-8-1;/h1-8H;. The van der Waals surface area contributed by atoms with Gasteiger partial charge in [-0.3, -0.25) is 9.97 Å². The van der Waals surface area contributed by atoms with E-state index in [-0.39, 0.29) is 35.6 Å². The molecule has 0 aliphatic carbocycles. The van der Waals surface area contributed by atoms with Gasteiger partial charge in [0.2, 0.25) is 0 Å². The van der Waals surface area contributed by atoms with Crippen molar-refractivity contribution in [1.82, 2.24) is 9.97 Å². The molecule has 1 radical (unpaired) electrons. The molecule has 2 nitrogen and oxygen atoms in total. The Labute approximate surface area is 115 Å². The Bertz CT molecular complexity index is 553. The maximum absolute atomic E-state index is 4.37. The number of rotatable bonds is 0. The number of benzene rings is 1. The van der Waals surface area contributed by atoms with Crippen LogP contribution in [0.15, 0.2) is 48.8 Å². The van der Waals surface area contributed by atoms with Crippen molar-refractivity contribution in [2.24, 2.45) is 0 Å². The molecule has 1 aromatic carbocycles. The third kappa shape index (κ3) is 1.83. The molecule has 69 valence electrons. The first-order valence-electron chi connectivity index (χ1n) is 4.53. The van der Waals surface area contributed by atoms with E-state index in [9.17, 15) is 0 Å². The zero-order chi connectivity index (χ0) is 9.38. The van der Waals surface area contributed by atoms with Crippen LogP contribution < -0.4 is 0 Å². The zero-order valence-electron chi connectivity index (χ0n) is 8.09. The maximum atomic E-state index is 4.37. The topological polar surface area (TPSA) is 25.8 Å². The molecular formula is C12H8LaN2. The van der Waals surface area contributed by atoms with Crippen LogP contribution in [-0.4, -0.2) is 9.97 Å². The Hall–Kier alpha value is -0.765. The SMILES string of the molecule is [La].c1cnc2c(c1)ccc1ncccc12. The summed E-state index contributed by atoms with van der Waals surface area (Å²) in [6.45, 7) is 0. The van der Waals surface area contributed by atoms with Crippen LogP contribution >= 0.6 is 0 Å². The fourth-order valence-corrected chi connectivity index (χ4v) is 1.70. The Kier molecular flexibility index (Phi) is 3.15. The molecule has 0 saturated heterocycles. The number of pyridine rings is 2. The molecular weight excluding hydrogens is 311 g/mol. The molecule has 2 heterocycles. The van der Waals surface area contributed by atoms with E-state index in [0.717, 1.165) is 21.8 Å². The second kappa shape index (κ2) is 4.39. The van der Waals surface area contributed by atoms with Gasteiger partial charge in [-0.15, -0.1) is 0 Å². The molecule has 15 heavy (non-hydrogen) atoms. The van der Waals surface area contributed by atoms with Crippen molar-refractivity contribution in [3.05, 3.63) is 48.8 Å². The minimum atomic E-state index is 0. The number of hydrogen-bond acceptors (Lipinski definition) is 2. The molecule has 0 fully saturated rings. The first-order valence-corrected chi connectivity index (χ1v) is 4.53. The summed E-state index contributed by atoms with van der Waals surface area (Å²) in [7, 11) is 0. The Morgan fingerprint density at radius 2 is 1.60 bits per heavy atom. The van der Waals surface area contributed by atoms with Gasteiger partial charge in [0.15, 0.2) is 0 Å². The summed E-state index contributed by atoms with van der Waals surface area (Å²) in [4.78, 5) is 8.66. The van der Waals surface area contributed by atoms with Crippen molar-refractivity contribution < 1.29 is 35.6 Å². The van der Waals surface area contributed by atoms with Gasteiger partial charge < -0.3 is 0 Å². The second-order valence-corrected chi connectivity index (χ2v) is 3.21. The monoisotopic (exact) mass is 319 g/mol. The van der Waals surface area contributed by atoms with Crippen molar-refractivity contribution in [2.45, 2.75) is 0 Å². The largest absolute Gasteiger partial charge is 0.256 e. The van der Waals surface area contributed by atoms with Crippen LogP contribution in [0.4, 0.5) is 0 Å². The van der Waals surface area contributed by atoms with Gasteiger partial charge in [0, 0.05) is 58.8 Å². The molecule has 0 amide bonds. The summed E-state index contributed by atoms with van der Waals surface area (Å²) < 4.78 is 0. The first-order chi connectivity index (χ1) is 6.95. The average molecular weight is 319 g/mol. The second-order valence-electron chi connectivity index (χ2n) is 3.21. The molecule has 0 atom stereocenters. The van der Waals surface area contributed by atoms with E-state index < -0.39 is 0 Å². The van der Waals surface area contributed by atoms with Crippen LogP contribution in [0.3, 0.4) is 0 Å². The maximum Gasteiger partial charge on any atom is 0.0795 e. The van der Waals surface area contributed by atoms with E-state index in [4.69, 9.17) is 0 Å². The smallest absolute Gasteiger partial charge is 0.0795 e. The van der Waals surface area contributed by atoms with Gasteiger partial charge in [-0.2, -0.15) is 0 Å². The van der Waals surface area contributed by atoms with E-state index in [2.05, 4.69) is 28.2 Å². The van der Waals surface area contributed by atoms with E-state index in [1.54, 1.807) is 6.20 Å². The molecule has 0 saturated carbocycles. The van der Waals surface area contributed by atoms with Crippen LogP contribution in [0, 0.1) is 35.6 Å². The molecule has 0 aliphatic heterocycles. The predicted molar refractivity (Wildman–Crippen MR) is 57.0 cm³/mol. The Morgan fingerprint density at radius 1 is 0.800 bits per heavy atom. The van der Waals surface area contributed by atoms with Crippen molar-refractivity contribution in [1.29, 1.82) is 0 Å².